The molecule has 29 heavy (non-hydrogen) atoms. The van der Waals surface area contributed by atoms with Gasteiger partial charge in [0.05, 0.1) is 18.2 Å². The highest BCUT2D eigenvalue weighted by molar-refractivity contribution is 5.89. The van der Waals surface area contributed by atoms with Crippen LogP contribution in [0.3, 0.4) is 0 Å². The van der Waals surface area contributed by atoms with Crippen molar-refractivity contribution in [3.05, 3.63) is 79.2 Å². The van der Waals surface area contributed by atoms with Crippen LogP contribution in [0.1, 0.15) is 25.1 Å². The number of fused-ring (bicyclic) bond motifs is 1. The van der Waals surface area contributed by atoms with E-state index in [1.54, 1.807) is 0 Å². The lowest BCUT2D eigenvalue weighted by Crippen LogP contribution is -2.02. The van der Waals surface area contributed by atoms with E-state index in [1.807, 2.05) is 42.6 Å². The van der Waals surface area contributed by atoms with E-state index < -0.39 is 0 Å². The second kappa shape index (κ2) is 7.87. The molecule has 0 aliphatic carbocycles. The molecule has 0 unspecified atom stereocenters. The van der Waals surface area contributed by atoms with E-state index in [-0.39, 0.29) is 0 Å². The summed E-state index contributed by atoms with van der Waals surface area (Å²) in [6.07, 6.45) is 8.36. The molecule has 4 aromatic rings. The average molecular weight is 383 g/mol. The molecule has 0 fully saturated rings. The third kappa shape index (κ3) is 4.19. The molecule has 0 bridgehead atoms. The van der Waals surface area contributed by atoms with Crippen LogP contribution in [0.5, 0.6) is 0 Å². The lowest BCUT2D eigenvalue weighted by Gasteiger charge is -2.12. The van der Waals surface area contributed by atoms with Crippen LogP contribution in [0, 0.1) is 5.92 Å². The van der Waals surface area contributed by atoms with Crippen molar-refractivity contribution in [2.24, 2.45) is 13.0 Å². The van der Waals surface area contributed by atoms with Crippen molar-refractivity contribution in [2.45, 2.75) is 20.3 Å². The predicted molar refractivity (Wildman–Crippen MR) is 119 cm³/mol. The summed E-state index contributed by atoms with van der Waals surface area (Å²) in [5, 5.41) is 5.55. The number of aromatic nitrogens is 4. The molecule has 0 atom stereocenters. The van der Waals surface area contributed by atoms with E-state index in [4.69, 9.17) is 0 Å². The minimum Gasteiger partial charge on any atom is -0.340 e. The number of aryl methyl sites for hydroxylation is 1. The highest BCUT2D eigenvalue weighted by atomic mass is 15.0. The number of nitrogens with one attached hydrogen (secondary N) is 1. The highest BCUT2D eigenvalue weighted by Crippen LogP contribution is 2.26. The summed E-state index contributed by atoms with van der Waals surface area (Å²) < 4.78 is 2.02. The molecule has 0 radical (unpaired) electrons. The number of hydrogen-bond acceptors (Lipinski definition) is 4. The summed E-state index contributed by atoms with van der Waals surface area (Å²) in [6.45, 7) is 8.59. The molecule has 5 heteroatoms. The Morgan fingerprint density at radius 1 is 1.07 bits per heavy atom. The monoisotopic (exact) mass is 383 g/mol. The van der Waals surface area contributed by atoms with Gasteiger partial charge in [0.1, 0.15) is 5.82 Å². The largest absolute Gasteiger partial charge is 0.340 e. The maximum Gasteiger partial charge on any atom is 0.130 e. The highest BCUT2D eigenvalue weighted by Gasteiger charge is 2.07. The Kier molecular flexibility index (Phi) is 5.12. The zero-order valence-electron chi connectivity index (χ0n) is 17.1. The summed E-state index contributed by atoms with van der Waals surface area (Å²) in [5.41, 5.74) is 5.12. The molecule has 3 aromatic heterocycles. The smallest absolute Gasteiger partial charge is 0.130 e. The van der Waals surface area contributed by atoms with E-state index in [0.717, 1.165) is 51.2 Å². The number of rotatable bonds is 6. The van der Waals surface area contributed by atoms with Crippen molar-refractivity contribution in [2.75, 3.05) is 5.32 Å². The van der Waals surface area contributed by atoms with Crippen LogP contribution in [0.25, 0.3) is 27.7 Å². The quantitative estimate of drug-likeness (QED) is 0.490. The summed E-state index contributed by atoms with van der Waals surface area (Å²) >= 11 is 0. The van der Waals surface area contributed by atoms with Crippen molar-refractivity contribution in [3.63, 3.8) is 0 Å². The Morgan fingerprint density at radius 2 is 1.93 bits per heavy atom. The van der Waals surface area contributed by atoms with Crippen LogP contribution in [-0.2, 0) is 13.5 Å². The number of nitrogens with zero attached hydrogens (tertiary/aromatic N) is 4. The molecule has 1 aromatic carbocycles. The Bertz CT molecular complexity index is 1170. The lowest BCUT2D eigenvalue weighted by molar-refractivity contribution is 0.635. The number of benzene rings is 1. The zero-order valence-corrected chi connectivity index (χ0v) is 17.1. The molecule has 4 rings (SSSR count). The third-order valence-corrected chi connectivity index (χ3v) is 4.90. The van der Waals surface area contributed by atoms with Crippen LogP contribution in [0.15, 0.2) is 67.9 Å². The third-order valence-electron chi connectivity index (χ3n) is 4.90. The number of pyridine rings is 2. The van der Waals surface area contributed by atoms with Gasteiger partial charge in [-0.05, 0) is 42.0 Å². The molecule has 0 saturated heterocycles. The lowest BCUT2D eigenvalue weighted by atomic mass is 10.1. The molecule has 0 aliphatic heterocycles. The van der Waals surface area contributed by atoms with Gasteiger partial charge in [0.25, 0.3) is 0 Å². The Balaban J connectivity index is 1.59. The SMILES string of the molecule is C=C(Nc1cc2cc(-c3cncn3C)ccc2cn1)c1ccnc(CC(C)C)c1. The number of hydrogen-bond donors (Lipinski definition) is 1. The Labute approximate surface area is 171 Å². The van der Waals surface area contributed by atoms with Gasteiger partial charge in [-0.3, -0.25) is 4.98 Å². The molecule has 0 saturated carbocycles. The molecule has 0 spiro atoms. The molecular weight excluding hydrogens is 358 g/mol. The predicted octanol–water partition coefficient (Wildman–Crippen LogP) is 5.31. The van der Waals surface area contributed by atoms with E-state index in [2.05, 4.69) is 71.0 Å². The average Bonchev–Trinajstić information content (AvgIpc) is 3.13. The van der Waals surface area contributed by atoms with Gasteiger partial charge in [0, 0.05) is 47.3 Å². The van der Waals surface area contributed by atoms with E-state index in [0.29, 0.717) is 5.92 Å². The van der Waals surface area contributed by atoms with Gasteiger partial charge in [-0.15, -0.1) is 0 Å². The first-order valence-corrected chi connectivity index (χ1v) is 9.77. The zero-order chi connectivity index (χ0) is 20.4. The minimum atomic E-state index is 0.565. The van der Waals surface area contributed by atoms with Crippen LogP contribution >= 0.6 is 0 Å². The van der Waals surface area contributed by atoms with Crippen molar-refractivity contribution < 1.29 is 0 Å². The van der Waals surface area contributed by atoms with Crippen molar-refractivity contribution in [1.82, 2.24) is 19.5 Å². The summed E-state index contributed by atoms with van der Waals surface area (Å²) in [7, 11) is 2.00. The first kappa shape index (κ1) is 18.9. The van der Waals surface area contributed by atoms with E-state index in [9.17, 15) is 0 Å². The van der Waals surface area contributed by atoms with Gasteiger partial charge in [-0.25, -0.2) is 9.97 Å². The Morgan fingerprint density at radius 3 is 2.69 bits per heavy atom. The molecular formula is C24H25N5. The first-order chi connectivity index (χ1) is 14.0. The minimum absolute atomic E-state index is 0.565. The second-order valence-electron chi connectivity index (χ2n) is 7.76. The topological polar surface area (TPSA) is 55.6 Å². The van der Waals surface area contributed by atoms with Crippen LogP contribution in [-0.4, -0.2) is 19.5 Å². The van der Waals surface area contributed by atoms with Gasteiger partial charge in [0.15, 0.2) is 0 Å². The van der Waals surface area contributed by atoms with Crippen LogP contribution in [0.2, 0.25) is 0 Å². The second-order valence-corrected chi connectivity index (χ2v) is 7.76. The van der Waals surface area contributed by atoms with Crippen LogP contribution < -0.4 is 5.32 Å². The summed E-state index contributed by atoms with van der Waals surface area (Å²) in [6, 6.07) is 12.5. The molecule has 0 aliphatic rings. The molecule has 5 nitrogen and oxygen atoms in total. The van der Waals surface area contributed by atoms with Crippen molar-refractivity contribution in [1.29, 1.82) is 0 Å². The van der Waals surface area contributed by atoms with Crippen molar-refractivity contribution >= 4 is 22.3 Å². The summed E-state index contributed by atoms with van der Waals surface area (Å²) in [5.74, 6) is 1.33. The van der Waals surface area contributed by atoms with Gasteiger partial charge >= 0.3 is 0 Å². The molecule has 1 N–H and O–H groups in total. The molecule has 3 heterocycles. The maximum absolute atomic E-state index is 4.55. The van der Waals surface area contributed by atoms with Gasteiger partial charge in [0.2, 0.25) is 0 Å². The fraction of sp³-hybridized carbons (Fsp3) is 0.208. The fourth-order valence-electron chi connectivity index (χ4n) is 3.43. The van der Waals surface area contributed by atoms with Gasteiger partial charge in [-0.2, -0.15) is 0 Å². The number of imidazole rings is 1. The molecule has 146 valence electrons. The molecule has 0 amide bonds. The van der Waals surface area contributed by atoms with E-state index >= 15 is 0 Å². The van der Waals surface area contributed by atoms with Gasteiger partial charge < -0.3 is 9.88 Å². The van der Waals surface area contributed by atoms with Crippen LogP contribution in [0.4, 0.5) is 5.82 Å². The van der Waals surface area contributed by atoms with Crippen molar-refractivity contribution in [3.8, 4) is 11.3 Å². The summed E-state index contributed by atoms with van der Waals surface area (Å²) in [4.78, 5) is 13.2. The number of anilines is 1. The van der Waals surface area contributed by atoms with E-state index in [1.165, 1.54) is 0 Å². The fourth-order valence-corrected chi connectivity index (χ4v) is 3.43. The first-order valence-electron chi connectivity index (χ1n) is 9.77. The van der Waals surface area contributed by atoms with Gasteiger partial charge in [-0.1, -0.05) is 32.6 Å². The maximum atomic E-state index is 4.55. The standard InChI is InChI=1S/C24H25N5/c1-16(2)9-22-11-18(7-8-26-22)17(3)28-24-12-21-10-19(5-6-20(21)13-27-24)23-14-25-15-29(23)4/h5-8,10-16H,3,9H2,1-2,4H3,(H,27,28). The Hall–Kier alpha value is -3.47. The normalized spacial score (nSPS) is 11.2.